The highest BCUT2D eigenvalue weighted by Crippen LogP contribution is 2.27. The Kier molecular flexibility index (Phi) is 5.59. The highest BCUT2D eigenvalue weighted by molar-refractivity contribution is 4.81. The largest absolute Gasteiger partial charge is 0.401 e. The Morgan fingerprint density at radius 1 is 1.07 bits per heavy atom. The van der Waals surface area contributed by atoms with Gasteiger partial charge in [0.1, 0.15) is 0 Å². The van der Waals surface area contributed by atoms with Gasteiger partial charge in [0.05, 0.1) is 6.54 Å². The zero-order valence-electron chi connectivity index (χ0n) is 9.69. The van der Waals surface area contributed by atoms with Gasteiger partial charge in [0.2, 0.25) is 0 Å². The van der Waals surface area contributed by atoms with E-state index in [1.807, 2.05) is 13.8 Å². The summed E-state index contributed by atoms with van der Waals surface area (Å²) in [5.41, 5.74) is 5.45. The fourth-order valence-electron chi connectivity index (χ4n) is 1.76. The van der Waals surface area contributed by atoms with Gasteiger partial charge in [-0.2, -0.15) is 13.2 Å². The van der Waals surface area contributed by atoms with Crippen molar-refractivity contribution in [1.82, 2.24) is 4.90 Å². The van der Waals surface area contributed by atoms with Crippen molar-refractivity contribution in [2.24, 2.45) is 11.1 Å². The second-order valence-electron chi connectivity index (χ2n) is 4.20. The molecular formula is C10H21F3N2. The number of hydrogen-bond donors (Lipinski definition) is 1. The molecule has 0 aliphatic heterocycles. The lowest BCUT2D eigenvalue weighted by Crippen LogP contribution is -2.43. The first kappa shape index (κ1) is 14.7. The van der Waals surface area contributed by atoms with Crippen molar-refractivity contribution in [1.29, 1.82) is 0 Å². The molecular weight excluding hydrogens is 205 g/mol. The van der Waals surface area contributed by atoms with Gasteiger partial charge in [0, 0.05) is 6.54 Å². The van der Waals surface area contributed by atoms with E-state index in [1.54, 1.807) is 0 Å². The number of halogens is 3. The molecule has 2 nitrogen and oxygen atoms in total. The number of nitrogens with zero attached hydrogens (tertiary/aromatic N) is 1. The van der Waals surface area contributed by atoms with Crippen molar-refractivity contribution >= 4 is 0 Å². The van der Waals surface area contributed by atoms with Crippen LogP contribution in [0.1, 0.15) is 26.7 Å². The first-order valence-corrected chi connectivity index (χ1v) is 5.24. The van der Waals surface area contributed by atoms with Gasteiger partial charge >= 0.3 is 6.18 Å². The van der Waals surface area contributed by atoms with Crippen molar-refractivity contribution < 1.29 is 13.2 Å². The molecule has 0 spiro atoms. The molecule has 0 amide bonds. The zero-order chi connectivity index (χ0) is 12.1. The molecule has 0 saturated carbocycles. The number of nitrogens with two attached hydrogens (primary N) is 1. The maximum atomic E-state index is 12.1. The van der Waals surface area contributed by atoms with E-state index >= 15 is 0 Å². The molecule has 0 unspecified atom stereocenters. The lowest BCUT2D eigenvalue weighted by molar-refractivity contribution is -0.145. The van der Waals surface area contributed by atoms with Crippen molar-refractivity contribution in [3.05, 3.63) is 0 Å². The summed E-state index contributed by atoms with van der Waals surface area (Å²) < 4.78 is 36.4. The first-order valence-electron chi connectivity index (χ1n) is 5.24. The number of hydrogen-bond acceptors (Lipinski definition) is 2. The van der Waals surface area contributed by atoms with Gasteiger partial charge in [0.15, 0.2) is 0 Å². The summed E-state index contributed by atoms with van der Waals surface area (Å²) in [5, 5.41) is 0. The molecule has 0 fully saturated rings. The topological polar surface area (TPSA) is 29.3 Å². The molecule has 0 aliphatic rings. The number of rotatable bonds is 6. The lowest BCUT2D eigenvalue weighted by Gasteiger charge is -2.34. The Morgan fingerprint density at radius 3 is 1.80 bits per heavy atom. The monoisotopic (exact) mass is 226 g/mol. The summed E-state index contributed by atoms with van der Waals surface area (Å²) in [7, 11) is 1.49. The molecule has 0 aliphatic carbocycles. The molecule has 0 aromatic heterocycles. The van der Waals surface area contributed by atoms with E-state index in [4.69, 9.17) is 5.73 Å². The van der Waals surface area contributed by atoms with Gasteiger partial charge in [-0.1, -0.05) is 13.8 Å². The van der Waals surface area contributed by atoms with Crippen LogP contribution in [-0.4, -0.2) is 37.8 Å². The van der Waals surface area contributed by atoms with E-state index in [1.165, 1.54) is 11.9 Å². The Hall–Kier alpha value is -0.290. The van der Waals surface area contributed by atoms with Crippen LogP contribution in [-0.2, 0) is 0 Å². The van der Waals surface area contributed by atoms with E-state index in [0.29, 0.717) is 13.1 Å². The average Bonchev–Trinajstić information content (AvgIpc) is 2.11. The standard InChI is InChI=1S/C10H21F3N2/c1-4-9(5-2,6-14)7-15(3)8-10(11,12)13/h4-8,14H2,1-3H3. The molecule has 0 heterocycles. The van der Waals surface area contributed by atoms with Crippen LogP contribution in [0.4, 0.5) is 13.2 Å². The minimum atomic E-state index is -4.13. The average molecular weight is 226 g/mol. The Morgan fingerprint density at radius 2 is 1.53 bits per heavy atom. The molecule has 5 heteroatoms. The molecule has 0 radical (unpaired) electrons. The van der Waals surface area contributed by atoms with Crippen molar-refractivity contribution in [3.8, 4) is 0 Å². The summed E-state index contributed by atoms with van der Waals surface area (Å²) in [6.45, 7) is 3.91. The van der Waals surface area contributed by atoms with Crippen molar-refractivity contribution in [3.63, 3.8) is 0 Å². The van der Waals surface area contributed by atoms with Crippen LogP contribution in [0.15, 0.2) is 0 Å². The Bertz CT molecular complexity index is 168. The third kappa shape index (κ3) is 5.37. The Labute approximate surface area is 89.6 Å². The third-order valence-electron chi connectivity index (χ3n) is 2.99. The number of alkyl halides is 3. The van der Waals surface area contributed by atoms with Crippen LogP contribution in [0.25, 0.3) is 0 Å². The van der Waals surface area contributed by atoms with Crippen LogP contribution in [0.3, 0.4) is 0 Å². The maximum absolute atomic E-state index is 12.1. The van der Waals surface area contributed by atoms with Gasteiger partial charge in [-0.15, -0.1) is 0 Å². The normalized spacial score (nSPS) is 13.6. The molecule has 0 atom stereocenters. The molecule has 92 valence electrons. The third-order valence-corrected chi connectivity index (χ3v) is 2.99. The molecule has 0 aromatic carbocycles. The fraction of sp³-hybridized carbons (Fsp3) is 1.00. The zero-order valence-corrected chi connectivity index (χ0v) is 9.69. The van der Waals surface area contributed by atoms with E-state index in [9.17, 15) is 13.2 Å². The van der Waals surface area contributed by atoms with Gasteiger partial charge < -0.3 is 5.73 Å². The summed E-state index contributed by atoms with van der Waals surface area (Å²) in [4.78, 5) is 1.31. The fourth-order valence-corrected chi connectivity index (χ4v) is 1.76. The predicted molar refractivity (Wildman–Crippen MR) is 55.6 cm³/mol. The predicted octanol–water partition coefficient (Wildman–Crippen LogP) is 2.25. The van der Waals surface area contributed by atoms with E-state index in [0.717, 1.165) is 12.8 Å². The minimum absolute atomic E-state index is 0.181. The van der Waals surface area contributed by atoms with E-state index in [-0.39, 0.29) is 5.41 Å². The van der Waals surface area contributed by atoms with Crippen LogP contribution in [0, 0.1) is 5.41 Å². The van der Waals surface area contributed by atoms with Crippen LogP contribution >= 0.6 is 0 Å². The van der Waals surface area contributed by atoms with Crippen molar-refractivity contribution in [2.45, 2.75) is 32.9 Å². The minimum Gasteiger partial charge on any atom is -0.330 e. The second-order valence-corrected chi connectivity index (χ2v) is 4.20. The molecule has 0 rings (SSSR count). The first-order chi connectivity index (χ1) is 6.78. The quantitative estimate of drug-likeness (QED) is 0.752. The van der Waals surface area contributed by atoms with Gasteiger partial charge in [0.25, 0.3) is 0 Å². The molecule has 15 heavy (non-hydrogen) atoms. The molecule has 0 aromatic rings. The Balaban J connectivity index is 4.29. The van der Waals surface area contributed by atoms with E-state index in [2.05, 4.69) is 0 Å². The highest BCUT2D eigenvalue weighted by Gasteiger charge is 2.33. The smallest absolute Gasteiger partial charge is 0.330 e. The van der Waals surface area contributed by atoms with Crippen LogP contribution in [0.5, 0.6) is 0 Å². The van der Waals surface area contributed by atoms with E-state index < -0.39 is 12.7 Å². The lowest BCUT2D eigenvalue weighted by atomic mass is 9.82. The van der Waals surface area contributed by atoms with Crippen LogP contribution < -0.4 is 5.73 Å². The summed E-state index contributed by atoms with van der Waals surface area (Å²) in [6, 6.07) is 0. The SMILES string of the molecule is CCC(CC)(CN)CN(C)CC(F)(F)F. The van der Waals surface area contributed by atoms with Gasteiger partial charge in [-0.25, -0.2) is 0 Å². The summed E-state index contributed by atoms with van der Waals surface area (Å²) in [6.07, 6.45) is -2.51. The maximum Gasteiger partial charge on any atom is 0.401 e. The summed E-state index contributed by atoms with van der Waals surface area (Å²) in [5.74, 6) is 0. The van der Waals surface area contributed by atoms with Crippen LogP contribution in [0.2, 0.25) is 0 Å². The highest BCUT2D eigenvalue weighted by atomic mass is 19.4. The summed E-state index contributed by atoms with van der Waals surface area (Å²) >= 11 is 0. The van der Waals surface area contributed by atoms with Gasteiger partial charge in [-0.3, -0.25) is 4.90 Å². The molecule has 2 N–H and O–H groups in total. The second kappa shape index (κ2) is 5.70. The van der Waals surface area contributed by atoms with Crippen molar-refractivity contribution in [2.75, 3.05) is 26.7 Å². The molecule has 0 bridgehead atoms. The molecule has 0 saturated heterocycles. The van der Waals surface area contributed by atoms with Gasteiger partial charge in [-0.05, 0) is 31.8 Å².